The molecule has 3 aromatic rings. The van der Waals surface area contributed by atoms with E-state index in [9.17, 15) is 24.0 Å². The fourth-order valence-corrected chi connectivity index (χ4v) is 5.12. The number of rotatable bonds is 16. The lowest BCUT2D eigenvalue weighted by atomic mass is 10.0. The highest BCUT2D eigenvalue weighted by Crippen LogP contribution is 2.18. The number of hydrogen-bond acceptors (Lipinski definition) is 6. The van der Waals surface area contributed by atoms with Crippen LogP contribution in [0.2, 0.25) is 0 Å². The molecule has 3 aromatic carbocycles. The normalized spacial score (nSPS) is 13.4. The lowest BCUT2D eigenvalue weighted by molar-refractivity contribution is -0.130. The van der Waals surface area contributed by atoms with Crippen molar-refractivity contribution in [2.24, 2.45) is 5.92 Å². The van der Waals surface area contributed by atoms with Crippen molar-refractivity contribution in [3.8, 4) is 0 Å². The third-order valence-corrected chi connectivity index (χ3v) is 7.75. The van der Waals surface area contributed by atoms with E-state index in [0.717, 1.165) is 11.1 Å². The number of anilines is 1. The molecule has 0 aliphatic heterocycles. The van der Waals surface area contributed by atoms with Crippen molar-refractivity contribution < 1.29 is 24.0 Å². The zero-order valence-corrected chi connectivity index (χ0v) is 28.6. The maximum atomic E-state index is 13.7. The van der Waals surface area contributed by atoms with Crippen molar-refractivity contribution in [2.75, 3.05) is 18.4 Å². The molecule has 0 radical (unpaired) electrons. The van der Waals surface area contributed by atoms with Crippen LogP contribution in [-0.4, -0.2) is 60.8 Å². The first-order chi connectivity index (χ1) is 22.9. The van der Waals surface area contributed by atoms with Gasteiger partial charge < -0.3 is 31.9 Å². The molecule has 4 atom stereocenters. The van der Waals surface area contributed by atoms with Gasteiger partial charge in [-0.25, -0.2) is 0 Å². The van der Waals surface area contributed by atoms with Gasteiger partial charge in [0.2, 0.25) is 17.7 Å². The predicted molar refractivity (Wildman–Crippen MR) is 187 cm³/mol. The van der Waals surface area contributed by atoms with Crippen molar-refractivity contribution in [1.29, 1.82) is 0 Å². The first-order valence-corrected chi connectivity index (χ1v) is 16.3. The summed E-state index contributed by atoms with van der Waals surface area (Å²) in [5.74, 6) is -1.90. The van der Waals surface area contributed by atoms with Crippen molar-refractivity contribution in [3.05, 3.63) is 101 Å². The van der Waals surface area contributed by atoms with Gasteiger partial charge >= 0.3 is 0 Å². The van der Waals surface area contributed by atoms with Crippen LogP contribution in [0.4, 0.5) is 5.69 Å². The summed E-state index contributed by atoms with van der Waals surface area (Å²) < 4.78 is 0. The maximum Gasteiger partial charge on any atom is 0.251 e. The first kappa shape index (κ1) is 37.4. The van der Waals surface area contributed by atoms with Gasteiger partial charge in [-0.05, 0) is 62.4 Å². The molecular weight excluding hydrogens is 608 g/mol. The van der Waals surface area contributed by atoms with Crippen LogP contribution in [0, 0.1) is 5.92 Å². The van der Waals surface area contributed by atoms with Crippen molar-refractivity contribution in [3.63, 3.8) is 0 Å². The molecule has 0 saturated carbocycles. The first-order valence-electron chi connectivity index (χ1n) is 16.3. The average Bonchev–Trinajstić information content (AvgIpc) is 3.06. The van der Waals surface area contributed by atoms with Gasteiger partial charge in [0.1, 0.15) is 6.04 Å². The van der Waals surface area contributed by atoms with Gasteiger partial charge in [-0.2, -0.15) is 0 Å². The second-order valence-electron chi connectivity index (χ2n) is 12.2. The van der Waals surface area contributed by atoms with E-state index in [1.165, 1.54) is 25.1 Å². The van der Waals surface area contributed by atoms with Crippen LogP contribution in [0.5, 0.6) is 0 Å². The van der Waals surface area contributed by atoms with Gasteiger partial charge in [0.25, 0.3) is 11.8 Å². The fourth-order valence-electron chi connectivity index (χ4n) is 5.12. The number of carbonyl (C=O) groups excluding carboxylic acids is 5. The highest BCUT2D eigenvalue weighted by Gasteiger charge is 2.26. The summed E-state index contributed by atoms with van der Waals surface area (Å²) in [6.07, 6.45) is 0.453. The van der Waals surface area contributed by atoms with Gasteiger partial charge in [-0.3, -0.25) is 24.0 Å². The van der Waals surface area contributed by atoms with Crippen LogP contribution in [0.3, 0.4) is 0 Å². The molecule has 0 aromatic heterocycles. The minimum atomic E-state index is -0.681. The Bertz CT molecular complexity index is 1550. The van der Waals surface area contributed by atoms with E-state index in [2.05, 4.69) is 31.9 Å². The molecule has 0 bridgehead atoms. The summed E-state index contributed by atoms with van der Waals surface area (Å²) in [6, 6.07) is 21.5. The maximum absolute atomic E-state index is 13.7. The molecule has 0 fully saturated rings. The number of hydrogen-bond donors (Lipinski definition) is 6. The second-order valence-corrected chi connectivity index (χ2v) is 12.2. The Morgan fingerprint density at radius 1 is 0.708 bits per heavy atom. The van der Waals surface area contributed by atoms with E-state index in [-0.39, 0.29) is 47.4 Å². The Kier molecular flexibility index (Phi) is 14.3. The lowest BCUT2D eigenvalue weighted by Gasteiger charge is -2.25. The number of benzene rings is 3. The SMILES string of the molecule is CCNC(=O)[C@@H](NC(=O)[C@H](C)NC[C@H](Cc1ccccc1)NC(=O)c1cc(NC(C)=O)cc(C(=O)N[C@H](C)c2ccccc2)c1)C(C)C. The number of amides is 5. The number of carbonyl (C=O) groups is 5. The Hall–Kier alpha value is -5.03. The standard InChI is InChI=1S/C37H48N6O5/c1-7-38-37(48)33(23(2)3)43-34(45)25(5)39-22-32(18-27-14-10-8-11-15-27)42-36(47)30-19-29(20-31(21-30)41-26(6)44)35(46)40-24(4)28-16-12-9-13-17-28/h8-17,19-21,23-25,32-33,39H,7,18,22H2,1-6H3,(H,38,48)(H,40,46)(H,41,44)(H,42,47)(H,43,45)/t24-,25+,32+,33+/m1/s1. The zero-order valence-electron chi connectivity index (χ0n) is 28.6. The highest BCUT2D eigenvalue weighted by atomic mass is 16.2. The molecule has 3 rings (SSSR count). The molecule has 11 heteroatoms. The summed E-state index contributed by atoms with van der Waals surface area (Å²) in [7, 11) is 0. The molecule has 6 N–H and O–H groups in total. The largest absolute Gasteiger partial charge is 0.355 e. The highest BCUT2D eigenvalue weighted by molar-refractivity contribution is 6.02. The van der Waals surface area contributed by atoms with Crippen LogP contribution < -0.4 is 31.9 Å². The van der Waals surface area contributed by atoms with Crippen LogP contribution in [0.15, 0.2) is 78.9 Å². The summed E-state index contributed by atoms with van der Waals surface area (Å²) in [5, 5.41) is 17.5. The molecule has 0 unspecified atom stereocenters. The van der Waals surface area contributed by atoms with E-state index < -0.39 is 29.9 Å². The van der Waals surface area contributed by atoms with Crippen molar-refractivity contribution in [2.45, 2.75) is 72.1 Å². The van der Waals surface area contributed by atoms with Gasteiger partial charge in [0, 0.05) is 42.9 Å². The topological polar surface area (TPSA) is 158 Å². The minimum Gasteiger partial charge on any atom is -0.355 e. The van der Waals surface area contributed by atoms with E-state index in [1.807, 2.05) is 88.4 Å². The molecule has 256 valence electrons. The predicted octanol–water partition coefficient (Wildman–Crippen LogP) is 3.73. The Morgan fingerprint density at radius 2 is 1.29 bits per heavy atom. The average molecular weight is 657 g/mol. The second kappa shape index (κ2) is 18.3. The summed E-state index contributed by atoms with van der Waals surface area (Å²) in [5.41, 5.74) is 2.60. The molecule has 48 heavy (non-hydrogen) atoms. The molecule has 0 aliphatic rings. The number of likely N-dealkylation sites (N-methyl/N-ethyl adjacent to an activating group) is 1. The summed E-state index contributed by atoms with van der Waals surface area (Å²) >= 11 is 0. The zero-order chi connectivity index (χ0) is 35.2. The van der Waals surface area contributed by atoms with Crippen LogP contribution in [0.1, 0.15) is 79.4 Å². The molecule has 5 amide bonds. The molecule has 0 heterocycles. The van der Waals surface area contributed by atoms with E-state index in [0.29, 0.717) is 18.7 Å². The Balaban J connectivity index is 1.80. The molecular formula is C37H48N6O5. The van der Waals surface area contributed by atoms with Crippen molar-refractivity contribution in [1.82, 2.24) is 26.6 Å². The monoisotopic (exact) mass is 656 g/mol. The van der Waals surface area contributed by atoms with E-state index in [1.54, 1.807) is 6.92 Å². The molecule has 0 spiro atoms. The lowest BCUT2D eigenvalue weighted by Crippen LogP contribution is -2.55. The smallest absolute Gasteiger partial charge is 0.251 e. The third-order valence-electron chi connectivity index (χ3n) is 7.75. The van der Waals surface area contributed by atoms with Gasteiger partial charge in [-0.15, -0.1) is 0 Å². The molecule has 0 saturated heterocycles. The Labute approximate surface area is 283 Å². The summed E-state index contributed by atoms with van der Waals surface area (Å²) in [4.78, 5) is 64.5. The van der Waals surface area contributed by atoms with Gasteiger partial charge in [0.05, 0.1) is 12.1 Å². The fraction of sp³-hybridized carbons (Fsp3) is 0.378. The van der Waals surface area contributed by atoms with E-state index >= 15 is 0 Å². The number of nitrogens with one attached hydrogen (secondary N) is 6. The molecule has 11 nitrogen and oxygen atoms in total. The van der Waals surface area contributed by atoms with Gasteiger partial charge in [0.15, 0.2) is 0 Å². The minimum absolute atomic E-state index is 0.111. The van der Waals surface area contributed by atoms with Gasteiger partial charge in [-0.1, -0.05) is 74.5 Å². The molecule has 0 aliphatic carbocycles. The van der Waals surface area contributed by atoms with Crippen LogP contribution in [0.25, 0.3) is 0 Å². The van der Waals surface area contributed by atoms with Crippen molar-refractivity contribution >= 4 is 35.2 Å². The third kappa shape index (κ3) is 11.6. The quantitative estimate of drug-likeness (QED) is 0.138. The van der Waals surface area contributed by atoms with Crippen LogP contribution >= 0.6 is 0 Å². The van der Waals surface area contributed by atoms with E-state index in [4.69, 9.17) is 0 Å². The van der Waals surface area contributed by atoms with Crippen LogP contribution in [-0.2, 0) is 20.8 Å². The Morgan fingerprint density at radius 3 is 1.85 bits per heavy atom. The summed E-state index contributed by atoms with van der Waals surface area (Å²) in [6.45, 7) is 11.2.